The van der Waals surface area contributed by atoms with Crippen LogP contribution in [0.5, 0.6) is 5.75 Å². The minimum atomic E-state index is 0.157. The van der Waals surface area contributed by atoms with E-state index in [0.717, 1.165) is 29.5 Å². The van der Waals surface area contributed by atoms with Crippen LogP contribution in [0.25, 0.3) is 0 Å². The Kier molecular flexibility index (Phi) is 4.02. The van der Waals surface area contributed by atoms with Crippen molar-refractivity contribution in [3.05, 3.63) is 28.2 Å². The zero-order valence-electron chi connectivity index (χ0n) is 11.4. The molecule has 2 N–H and O–H groups in total. The van der Waals surface area contributed by atoms with Gasteiger partial charge in [0.25, 0.3) is 0 Å². The van der Waals surface area contributed by atoms with E-state index in [-0.39, 0.29) is 17.6 Å². The zero-order chi connectivity index (χ0) is 13.3. The largest absolute Gasteiger partial charge is 0.489 e. The molecule has 0 bridgehead atoms. The topological polar surface area (TPSA) is 35.2 Å². The van der Waals surface area contributed by atoms with Gasteiger partial charge in [-0.05, 0) is 53.4 Å². The van der Waals surface area contributed by atoms with Gasteiger partial charge in [-0.1, -0.05) is 19.9 Å². The molecule has 18 heavy (non-hydrogen) atoms. The summed E-state index contributed by atoms with van der Waals surface area (Å²) < 4.78 is 7.21. The Morgan fingerprint density at radius 3 is 2.56 bits per heavy atom. The average molecular weight is 312 g/mol. The lowest BCUT2D eigenvalue weighted by Crippen LogP contribution is -2.62. The van der Waals surface area contributed by atoms with Crippen LogP contribution in [0.4, 0.5) is 0 Å². The van der Waals surface area contributed by atoms with E-state index in [9.17, 15) is 0 Å². The van der Waals surface area contributed by atoms with Gasteiger partial charge in [0.1, 0.15) is 11.9 Å². The Morgan fingerprint density at radius 2 is 2.06 bits per heavy atom. The van der Waals surface area contributed by atoms with E-state index in [4.69, 9.17) is 10.5 Å². The van der Waals surface area contributed by atoms with Crippen LogP contribution in [-0.4, -0.2) is 12.1 Å². The first-order chi connectivity index (χ1) is 8.53. The third kappa shape index (κ3) is 2.19. The quantitative estimate of drug-likeness (QED) is 0.910. The molecular weight excluding hydrogens is 290 g/mol. The van der Waals surface area contributed by atoms with Crippen LogP contribution in [0.3, 0.4) is 0 Å². The van der Waals surface area contributed by atoms with Gasteiger partial charge in [0, 0.05) is 17.9 Å². The highest BCUT2D eigenvalue weighted by Gasteiger charge is 2.52. The number of benzene rings is 1. The van der Waals surface area contributed by atoms with E-state index in [2.05, 4.69) is 48.8 Å². The molecule has 1 saturated carbocycles. The molecule has 0 aliphatic heterocycles. The van der Waals surface area contributed by atoms with Gasteiger partial charge in [-0.2, -0.15) is 0 Å². The monoisotopic (exact) mass is 311 g/mol. The van der Waals surface area contributed by atoms with Crippen LogP contribution < -0.4 is 10.5 Å². The number of hydrogen-bond donors (Lipinski definition) is 1. The van der Waals surface area contributed by atoms with Crippen LogP contribution in [0, 0.1) is 12.3 Å². The van der Waals surface area contributed by atoms with Crippen LogP contribution in [0.15, 0.2) is 22.7 Å². The van der Waals surface area contributed by atoms with Crippen LogP contribution in [0.1, 0.15) is 38.7 Å². The fourth-order valence-electron chi connectivity index (χ4n) is 3.03. The van der Waals surface area contributed by atoms with Crippen molar-refractivity contribution >= 4 is 15.9 Å². The third-order valence-electron chi connectivity index (χ3n) is 4.52. The Morgan fingerprint density at radius 1 is 1.39 bits per heavy atom. The van der Waals surface area contributed by atoms with Crippen LogP contribution >= 0.6 is 15.9 Å². The van der Waals surface area contributed by atoms with Gasteiger partial charge in [-0.25, -0.2) is 0 Å². The van der Waals surface area contributed by atoms with E-state index in [1.807, 2.05) is 6.07 Å². The molecule has 0 heterocycles. The van der Waals surface area contributed by atoms with Gasteiger partial charge < -0.3 is 10.5 Å². The summed E-state index contributed by atoms with van der Waals surface area (Å²) in [7, 11) is 0. The first-order valence-corrected chi connectivity index (χ1v) is 7.51. The van der Waals surface area contributed by atoms with Crippen molar-refractivity contribution in [3.8, 4) is 5.75 Å². The first-order valence-electron chi connectivity index (χ1n) is 6.72. The van der Waals surface area contributed by atoms with Crippen molar-refractivity contribution in [3.63, 3.8) is 0 Å². The lowest BCUT2D eigenvalue weighted by atomic mass is 9.59. The smallest absolute Gasteiger partial charge is 0.133 e. The molecule has 1 aromatic carbocycles. The predicted molar refractivity (Wildman–Crippen MR) is 78.9 cm³/mol. The summed E-state index contributed by atoms with van der Waals surface area (Å²) in [5.41, 5.74) is 7.58. The van der Waals surface area contributed by atoms with Crippen molar-refractivity contribution in [2.45, 2.75) is 52.2 Å². The van der Waals surface area contributed by atoms with E-state index >= 15 is 0 Å². The fourth-order valence-corrected chi connectivity index (χ4v) is 3.61. The van der Waals surface area contributed by atoms with Gasteiger partial charge in [0.15, 0.2) is 0 Å². The molecule has 2 nitrogen and oxygen atoms in total. The predicted octanol–water partition coefficient (Wildman–Crippen LogP) is 4.04. The second-order valence-electron chi connectivity index (χ2n) is 5.32. The third-order valence-corrected chi connectivity index (χ3v) is 5.14. The summed E-state index contributed by atoms with van der Waals surface area (Å²) in [6.45, 7) is 6.50. The Bertz CT molecular complexity index is 429. The van der Waals surface area contributed by atoms with Crippen molar-refractivity contribution in [2.75, 3.05) is 0 Å². The molecule has 2 rings (SSSR count). The van der Waals surface area contributed by atoms with Crippen molar-refractivity contribution in [1.82, 2.24) is 0 Å². The highest BCUT2D eigenvalue weighted by molar-refractivity contribution is 9.10. The number of hydrogen-bond acceptors (Lipinski definition) is 2. The average Bonchev–Trinajstić information content (AvgIpc) is 2.33. The molecule has 2 unspecified atom stereocenters. The van der Waals surface area contributed by atoms with Gasteiger partial charge in [0.2, 0.25) is 0 Å². The minimum absolute atomic E-state index is 0.157. The molecule has 1 aromatic rings. The molecule has 3 heteroatoms. The molecule has 0 spiro atoms. The van der Waals surface area contributed by atoms with Gasteiger partial charge >= 0.3 is 0 Å². The highest BCUT2D eigenvalue weighted by Crippen LogP contribution is 2.48. The molecule has 0 amide bonds. The molecule has 100 valence electrons. The molecule has 1 aliphatic rings. The summed E-state index contributed by atoms with van der Waals surface area (Å²) >= 11 is 3.57. The Labute approximate surface area is 118 Å². The van der Waals surface area contributed by atoms with Crippen molar-refractivity contribution < 1.29 is 4.74 Å². The SMILES string of the molecule is CCC1(CC)C(N)CC1Oc1ccc(C)cc1Br. The lowest BCUT2D eigenvalue weighted by Gasteiger charge is -2.53. The van der Waals surface area contributed by atoms with E-state index in [1.54, 1.807) is 0 Å². The van der Waals surface area contributed by atoms with Crippen molar-refractivity contribution in [1.29, 1.82) is 0 Å². The standard InChI is InChI=1S/C15H22BrNO/c1-4-15(5-2)13(17)9-14(15)18-12-7-6-10(3)8-11(12)16/h6-8,13-14H,4-5,9,17H2,1-3H3. The highest BCUT2D eigenvalue weighted by atomic mass is 79.9. The molecule has 0 radical (unpaired) electrons. The molecule has 1 fully saturated rings. The summed E-state index contributed by atoms with van der Waals surface area (Å²) in [4.78, 5) is 0. The number of halogens is 1. The second kappa shape index (κ2) is 5.22. The van der Waals surface area contributed by atoms with E-state index < -0.39 is 0 Å². The second-order valence-corrected chi connectivity index (χ2v) is 6.18. The van der Waals surface area contributed by atoms with Gasteiger partial charge in [0.05, 0.1) is 4.47 Å². The normalized spacial score (nSPS) is 25.6. The van der Waals surface area contributed by atoms with Gasteiger partial charge in [-0.15, -0.1) is 0 Å². The molecule has 1 aliphatic carbocycles. The van der Waals surface area contributed by atoms with Crippen LogP contribution in [0.2, 0.25) is 0 Å². The molecule has 2 atom stereocenters. The zero-order valence-corrected chi connectivity index (χ0v) is 13.0. The number of ether oxygens (including phenoxy) is 1. The minimum Gasteiger partial charge on any atom is -0.489 e. The Hall–Kier alpha value is -0.540. The van der Waals surface area contributed by atoms with Crippen LogP contribution in [-0.2, 0) is 0 Å². The molecule has 0 aromatic heterocycles. The van der Waals surface area contributed by atoms with Crippen molar-refractivity contribution in [2.24, 2.45) is 11.1 Å². The summed E-state index contributed by atoms with van der Waals surface area (Å²) in [5, 5.41) is 0. The maximum Gasteiger partial charge on any atom is 0.133 e. The van der Waals surface area contributed by atoms with E-state index in [1.165, 1.54) is 5.56 Å². The summed E-state index contributed by atoms with van der Waals surface area (Å²) in [6.07, 6.45) is 3.38. The number of nitrogens with two attached hydrogens (primary N) is 1. The molecule has 0 saturated heterocycles. The maximum atomic E-state index is 6.19. The first kappa shape index (κ1) is 13.9. The van der Waals surface area contributed by atoms with E-state index in [0.29, 0.717) is 0 Å². The fraction of sp³-hybridized carbons (Fsp3) is 0.600. The maximum absolute atomic E-state index is 6.19. The summed E-state index contributed by atoms with van der Waals surface area (Å²) in [6, 6.07) is 6.49. The molecular formula is C15H22BrNO. The Balaban J connectivity index is 2.15. The lowest BCUT2D eigenvalue weighted by molar-refractivity contribution is -0.0725. The van der Waals surface area contributed by atoms with Gasteiger partial charge in [-0.3, -0.25) is 0 Å². The summed E-state index contributed by atoms with van der Waals surface area (Å²) in [5.74, 6) is 0.934. The number of rotatable bonds is 4. The number of aryl methyl sites for hydroxylation is 1.